The molecule has 8 nitrogen and oxygen atoms in total. The third-order valence-electron chi connectivity index (χ3n) is 5.38. The Kier molecular flexibility index (Phi) is 7.07. The minimum atomic E-state index is -1.13. The Hall–Kier alpha value is -4.17. The molecule has 4 aromatic rings. The third-order valence-corrected chi connectivity index (χ3v) is 5.64. The number of nitrogens with zero attached hydrogens (tertiary/aromatic N) is 3. The minimum Gasteiger partial charge on any atom is -0.477 e. The Morgan fingerprint density at radius 2 is 1.75 bits per heavy atom. The zero-order valence-corrected chi connectivity index (χ0v) is 20.8. The second-order valence-corrected chi connectivity index (χ2v) is 9.62. The molecule has 184 valence electrons. The van der Waals surface area contributed by atoms with Crippen LogP contribution >= 0.6 is 11.6 Å². The van der Waals surface area contributed by atoms with Crippen LogP contribution in [-0.2, 0) is 12.0 Å². The van der Waals surface area contributed by atoms with Gasteiger partial charge in [-0.05, 0) is 53.4 Å². The average Bonchev–Trinajstić information content (AvgIpc) is 2.83. The summed E-state index contributed by atoms with van der Waals surface area (Å²) in [7, 11) is 0. The molecule has 0 atom stereocenters. The van der Waals surface area contributed by atoms with Crippen LogP contribution in [0.3, 0.4) is 0 Å². The second-order valence-electron chi connectivity index (χ2n) is 9.18. The van der Waals surface area contributed by atoms with Gasteiger partial charge in [0.25, 0.3) is 5.56 Å². The number of ether oxygens (including phenoxy) is 1. The first kappa shape index (κ1) is 24.9. The molecule has 0 saturated heterocycles. The maximum Gasteiger partial charge on any atom is 0.354 e. The highest BCUT2D eigenvalue weighted by molar-refractivity contribution is 6.30. The van der Waals surface area contributed by atoms with Gasteiger partial charge in [0.05, 0.1) is 6.54 Å². The van der Waals surface area contributed by atoms with Crippen LogP contribution in [-0.4, -0.2) is 25.6 Å². The van der Waals surface area contributed by atoms with E-state index >= 15 is 0 Å². The number of anilines is 2. The molecular weight excluding hydrogens is 480 g/mol. The summed E-state index contributed by atoms with van der Waals surface area (Å²) < 4.78 is 7.28. The van der Waals surface area contributed by atoms with Crippen molar-refractivity contribution in [2.75, 3.05) is 5.32 Å². The van der Waals surface area contributed by atoms with Crippen LogP contribution in [0.1, 0.15) is 42.4 Å². The fourth-order valence-electron chi connectivity index (χ4n) is 3.47. The molecule has 0 aliphatic rings. The van der Waals surface area contributed by atoms with E-state index < -0.39 is 5.97 Å². The van der Waals surface area contributed by atoms with Gasteiger partial charge in [-0.2, -0.15) is 0 Å². The molecule has 0 unspecified atom stereocenters. The number of benzene rings is 2. The molecule has 2 aromatic heterocycles. The van der Waals surface area contributed by atoms with Crippen molar-refractivity contribution in [3.05, 3.63) is 105 Å². The molecule has 9 heteroatoms. The Morgan fingerprint density at radius 1 is 1.06 bits per heavy atom. The second kappa shape index (κ2) is 10.2. The summed E-state index contributed by atoms with van der Waals surface area (Å²) in [6.07, 6.45) is 1.61. The van der Waals surface area contributed by atoms with Crippen LogP contribution in [0.5, 0.6) is 11.6 Å². The van der Waals surface area contributed by atoms with Gasteiger partial charge >= 0.3 is 5.97 Å². The van der Waals surface area contributed by atoms with Crippen LogP contribution in [0.25, 0.3) is 0 Å². The number of rotatable bonds is 7. The topological polar surface area (TPSA) is 106 Å². The lowest BCUT2D eigenvalue weighted by Gasteiger charge is -2.21. The molecule has 4 rings (SSSR count). The number of hydrogen-bond donors (Lipinski definition) is 2. The lowest BCUT2D eigenvalue weighted by Crippen LogP contribution is -2.32. The fraction of sp³-hybridized carbons (Fsp3) is 0.185. The number of aromatic carboxylic acids is 1. The number of halogens is 1. The van der Waals surface area contributed by atoms with Crippen LogP contribution in [0.2, 0.25) is 5.02 Å². The van der Waals surface area contributed by atoms with E-state index in [0.717, 1.165) is 5.56 Å². The van der Waals surface area contributed by atoms with Crippen LogP contribution in [0.15, 0.2) is 77.7 Å². The van der Waals surface area contributed by atoms with Crippen molar-refractivity contribution < 1.29 is 14.6 Å². The summed E-state index contributed by atoms with van der Waals surface area (Å²) in [5, 5.41) is 12.9. The van der Waals surface area contributed by atoms with Crippen molar-refractivity contribution in [3.8, 4) is 11.6 Å². The lowest BCUT2D eigenvalue weighted by molar-refractivity contribution is 0.0689. The van der Waals surface area contributed by atoms with Crippen molar-refractivity contribution in [3.63, 3.8) is 0 Å². The Morgan fingerprint density at radius 3 is 2.39 bits per heavy atom. The zero-order chi connectivity index (χ0) is 25.9. The van der Waals surface area contributed by atoms with E-state index in [0.29, 0.717) is 34.5 Å². The molecule has 0 spiro atoms. The van der Waals surface area contributed by atoms with Gasteiger partial charge < -0.3 is 15.2 Å². The first-order valence-corrected chi connectivity index (χ1v) is 11.6. The summed E-state index contributed by atoms with van der Waals surface area (Å²) in [6.45, 7) is 6.25. The van der Waals surface area contributed by atoms with Gasteiger partial charge in [-0.3, -0.25) is 9.36 Å². The SMILES string of the molecule is CC(C)(C)c1cnc(Nc2ccc(Oc3cccc(C(=O)O)n3)cc2)n(Cc2ccc(Cl)cc2)c1=O. The van der Waals surface area contributed by atoms with Crippen molar-refractivity contribution in [1.82, 2.24) is 14.5 Å². The van der Waals surface area contributed by atoms with Gasteiger partial charge in [0.1, 0.15) is 5.75 Å². The van der Waals surface area contributed by atoms with E-state index in [1.165, 1.54) is 6.07 Å². The maximum absolute atomic E-state index is 13.4. The molecule has 0 fully saturated rings. The average molecular weight is 505 g/mol. The molecule has 0 saturated carbocycles. The van der Waals surface area contributed by atoms with Crippen LogP contribution < -0.4 is 15.6 Å². The molecule has 0 radical (unpaired) electrons. The fourth-order valence-corrected chi connectivity index (χ4v) is 3.60. The molecule has 0 amide bonds. The lowest BCUT2D eigenvalue weighted by atomic mass is 9.89. The van der Waals surface area contributed by atoms with E-state index in [9.17, 15) is 9.59 Å². The number of hydrogen-bond acceptors (Lipinski definition) is 6. The van der Waals surface area contributed by atoms with E-state index in [1.807, 2.05) is 32.9 Å². The highest BCUT2D eigenvalue weighted by atomic mass is 35.5. The summed E-state index contributed by atoms with van der Waals surface area (Å²) in [4.78, 5) is 33.1. The number of pyridine rings is 1. The number of carboxylic acid groups (broad SMARTS) is 1. The first-order chi connectivity index (χ1) is 17.1. The molecule has 2 N–H and O–H groups in total. The van der Waals surface area contributed by atoms with Crippen LogP contribution in [0.4, 0.5) is 11.6 Å². The maximum atomic E-state index is 13.4. The normalized spacial score (nSPS) is 11.2. The quantitative estimate of drug-likeness (QED) is 0.324. The molecular formula is C27H25ClN4O4. The molecule has 0 aliphatic heterocycles. The van der Waals surface area contributed by atoms with E-state index in [4.69, 9.17) is 21.4 Å². The highest BCUT2D eigenvalue weighted by Gasteiger charge is 2.21. The summed E-state index contributed by atoms with van der Waals surface area (Å²) in [5.74, 6) is -0.0842. The summed E-state index contributed by atoms with van der Waals surface area (Å²) in [6, 6.07) is 18.8. The van der Waals surface area contributed by atoms with Crippen LogP contribution in [0, 0.1) is 0 Å². The summed E-state index contributed by atoms with van der Waals surface area (Å²) >= 11 is 6.02. The smallest absolute Gasteiger partial charge is 0.354 e. The minimum absolute atomic E-state index is 0.103. The molecule has 0 aliphatic carbocycles. The highest BCUT2D eigenvalue weighted by Crippen LogP contribution is 2.25. The molecule has 36 heavy (non-hydrogen) atoms. The van der Waals surface area contributed by atoms with Crippen molar-refractivity contribution in [2.45, 2.75) is 32.7 Å². The van der Waals surface area contributed by atoms with Gasteiger partial charge in [0, 0.05) is 28.5 Å². The van der Waals surface area contributed by atoms with E-state index in [-0.39, 0.29) is 22.5 Å². The molecule has 2 heterocycles. The predicted octanol–water partition coefficient (Wildman–Crippen LogP) is 5.87. The zero-order valence-electron chi connectivity index (χ0n) is 20.0. The van der Waals surface area contributed by atoms with Gasteiger partial charge in [-0.25, -0.2) is 14.8 Å². The van der Waals surface area contributed by atoms with Crippen molar-refractivity contribution in [2.24, 2.45) is 0 Å². The van der Waals surface area contributed by atoms with Gasteiger partial charge in [0.15, 0.2) is 5.69 Å². The predicted molar refractivity (Wildman–Crippen MR) is 139 cm³/mol. The van der Waals surface area contributed by atoms with E-state index in [2.05, 4.69) is 15.3 Å². The number of nitrogens with one attached hydrogen (secondary N) is 1. The Bertz CT molecular complexity index is 1440. The number of carbonyl (C=O) groups is 1. The summed E-state index contributed by atoms with van der Waals surface area (Å²) in [5.41, 5.74) is 1.62. The van der Waals surface area contributed by atoms with Gasteiger partial charge in [0.2, 0.25) is 11.8 Å². The standard InChI is InChI=1S/C27H25ClN4O4/c1-27(2,3)21-15-29-26(32(24(21)33)16-17-7-9-18(28)10-8-17)30-19-11-13-20(14-12-19)36-23-6-4-5-22(31-23)25(34)35/h4-15H,16H2,1-3H3,(H,29,30)(H,34,35). The van der Waals surface area contributed by atoms with Crippen molar-refractivity contribution >= 4 is 29.2 Å². The van der Waals surface area contributed by atoms with Gasteiger partial charge in [-0.1, -0.05) is 50.6 Å². The van der Waals surface area contributed by atoms with Crippen molar-refractivity contribution in [1.29, 1.82) is 0 Å². The molecule has 2 aromatic carbocycles. The molecule has 0 bridgehead atoms. The van der Waals surface area contributed by atoms with Gasteiger partial charge in [-0.15, -0.1) is 0 Å². The Labute approximate surface area is 213 Å². The third kappa shape index (κ3) is 5.90. The largest absolute Gasteiger partial charge is 0.477 e. The number of carboxylic acids is 1. The Balaban J connectivity index is 1.60. The van der Waals surface area contributed by atoms with E-state index in [1.54, 1.807) is 59.3 Å². The monoisotopic (exact) mass is 504 g/mol. The first-order valence-electron chi connectivity index (χ1n) is 11.2. The number of aromatic nitrogens is 3.